The summed E-state index contributed by atoms with van der Waals surface area (Å²) in [6.45, 7) is 0. The van der Waals surface area contributed by atoms with Gasteiger partial charge in [0.2, 0.25) is 10.0 Å². The first kappa shape index (κ1) is 9.17. The molecule has 0 aliphatic heterocycles. The van der Waals surface area contributed by atoms with Crippen molar-refractivity contribution in [2.75, 3.05) is 7.05 Å². The number of benzene rings is 1. The first-order valence-corrected chi connectivity index (χ1v) is 5.49. The smallest absolute Gasteiger partial charge is 0.242 e. The molecule has 0 aliphatic carbocycles. The molecule has 0 saturated carbocycles. The number of fused-ring (bicyclic) bond motifs is 1. The van der Waals surface area contributed by atoms with Gasteiger partial charge in [-0.25, -0.2) is 18.1 Å². The molecule has 0 saturated heterocycles. The third kappa shape index (κ3) is 1.28. The van der Waals surface area contributed by atoms with E-state index in [1.165, 1.54) is 19.4 Å². The Labute approximate surface area is 81.2 Å². The molecule has 1 heterocycles. The van der Waals surface area contributed by atoms with Crippen molar-refractivity contribution < 1.29 is 8.42 Å². The van der Waals surface area contributed by atoms with Crippen molar-refractivity contribution in [2.45, 2.75) is 4.90 Å². The van der Waals surface area contributed by atoms with E-state index in [1.807, 2.05) is 0 Å². The number of aromatic nitrogens is 2. The first-order valence-electron chi connectivity index (χ1n) is 4.01. The molecule has 0 amide bonds. The van der Waals surface area contributed by atoms with Gasteiger partial charge in [-0.1, -0.05) is 6.07 Å². The summed E-state index contributed by atoms with van der Waals surface area (Å²) in [5.74, 6) is 0. The van der Waals surface area contributed by atoms with E-state index in [1.54, 1.807) is 12.1 Å². The lowest BCUT2D eigenvalue weighted by Gasteiger charge is -2.02. The predicted octanol–water partition coefficient (Wildman–Crippen LogP) is 0.471. The maximum atomic E-state index is 11.6. The number of aromatic amines is 1. The molecule has 2 aromatic rings. The number of H-pyrrole nitrogens is 1. The molecule has 0 aliphatic rings. The van der Waals surface area contributed by atoms with Gasteiger partial charge < -0.3 is 4.98 Å². The molecular weight excluding hydrogens is 202 g/mol. The van der Waals surface area contributed by atoms with Gasteiger partial charge in [-0.2, -0.15) is 0 Å². The van der Waals surface area contributed by atoms with E-state index < -0.39 is 10.0 Å². The van der Waals surface area contributed by atoms with Crippen molar-refractivity contribution in [3.05, 3.63) is 24.5 Å². The number of hydrogen-bond donors (Lipinski definition) is 2. The van der Waals surface area contributed by atoms with Crippen LogP contribution in [0.4, 0.5) is 0 Å². The summed E-state index contributed by atoms with van der Waals surface area (Å²) >= 11 is 0. The van der Waals surface area contributed by atoms with E-state index in [4.69, 9.17) is 0 Å². The zero-order valence-corrected chi connectivity index (χ0v) is 8.30. The van der Waals surface area contributed by atoms with Gasteiger partial charge in [0, 0.05) is 0 Å². The van der Waals surface area contributed by atoms with Crippen LogP contribution in [0, 0.1) is 0 Å². The van der Waals surface area contributed by atoms with Crippen LogP contribution >= 0.6 is 0 Å². The minimum Gasteiger partial charge on any atom is -0.343 e. The second-order valence-corrected chi connectivity index (χ2v) is 4.62. The highest BCUT2D eigenvalue weighted by Gasteiger charge is 2.15. The molecule has 6 heteroatoms. The van der Waals surface area contributed by atoms with Crippen molar-refractivity contribution >= 4 is 21.1 Å². The van der Waals surface area contributed by atoms with E-state index in [0.717, 1.165) is 0 Å². The van der Waals surface area contributed by atoms with Gasteiger partial charge in [0.1, 0.15) is 4.90 Å². The highest BCUT2D eigenvalue weighted by atomic mass is 32.2. The molecular formula is C8H9N3O2S. The second-order valence-electron chi connectivity index (χ2n) is 2.76. The fourth-order valence-electron chi connectivity index (χ4n) is 1.27. The van der Waals surface area contributed by atoms with E-state index in [9.17, 15) is 8.42 Å². The summed E-state index contributed by atoms with van der Waals surface area (Å²) in [5.41, 5.74) is 1.17. The Morgan fingerprint density at radius 1 is 1.43 bits per heavy atom. The molecule has 2 rings (SSSR count). The molecule has 2 N–H and O–H groups in total. The number of para-hydroxylation sites is 1. The van der Waals surface area contributed by atoms with Gasteiger partial charge in [0.05, 0.1) is 17.4 Å². The maximum Gasteiger partial charge on any atom is 0.242 e. The third-order valence-electron chi connectivity index (χ3n) is 1.98. The van der Waals surface area contributed by atoms with Gasteiger partial charge in [-0.3, -0.25) is 0 Å². The van der Waals surface area contributed by atoms with E-state index in [0.29, 0.717) is 11.0 Å². The van der Waals surface area contributed by atoms with Crippen LogP contribution in [-0.4, -0.2) is 25.4 Å². The summed E-state index contributed by atoms with van der Waals surface area (Å²) < 4.78 is 25.4. The molecule has 14 heavy (non-hydrogen) atoms. The summed E-state index contributed by atoms with van der Waals surface area (Å²) in [6.07, 6.45) is 1.47. The van der Waals surface area contributed by atoms with Crippen LogP contribution in [-0.2, 0) is 10.0 Å². The van der Waals surface area contributed by atoms with Crippen LogP contribution < -0.4 is 4.72 Å². The summed E-state index contributed by atoms with van der Waals surface area (Å²) in [7, 11) is -2.04. The monoisotopic (exact) mass is 211 g/mol. The molecule has 0 unspecified atom stereocenters. The van der Waals surface area contributed by atoms with Gasteiger partial charge >= 0.3 is 0 Å². The Balaban J connectivity index is 2.81. The van der Waals surface area contributed by atoms with Gasteiger partial charge in [-0.15, -0.1) is 0 Å². The largest absolute Gasteiger partial charge is 0.343 e. The molecule has 0 bridgehead atoms. The summed E-state index contributed by atoms with van der Waals surface area (Å²) in [5, 5.41) is 0. The highest BCUT2D eigenvalue weighted by molar-refractivity contribution is 7.89. The highest BCUT2D eigenvalue weighted by Crippen LogP contribution is 2.18. The number of hydrogen-bond acceptors (Lipinski definition) is 3. The van der Waals surface area contributed by atoms with Crippen molar-refractivity contribution in [1.29, 1.82) is 0 Å². The second kappa shape index (κ2) is 3.07. The van der Waals surface area contributed by atoms with Crippen LogP contribution in [0.25, 0.3) is 11.0 Å². The van der Waals surface area contributed by atoms with Crippen LogP contribution in [0.2, 0.25) is 0 Å². The quantitative estimate of drug-likeness (QED) is 0.758. The normalized spacial score (nSPS) is 12.1. The Hall–Kier alpha value is -1.40. The lowest BCUT2D eigenvalue weighted by molar-refractivity contribution is 0.589. The molecule has 0 atom stereocenters. The first-order chi connectivity index (χ1) is 6.65. The summed E-state index contributed by atoms with van der Waals surface area (Å²) in [6, 6.07) is 4.94. The SMILES string of the molecule is CNS(=O)(=O)c1cccc2nc[nH]c12. The van der Waals surface area contributed by atoms with Crippen molar-refractivity contribution in [3.63, 3.8) is 0 Å². The third-order valence-corrected chi connectivity index (χ3v) is 3.43. The Bertz CT molecular complexity index is 559. The number of nitrogens with one attached hydrogen (secondary N) is 2. The fourth-order valence-corrected chi connectivity index (χ4v) is 2.18. The average Bonchev–Trinajstić information content (AvgIpc) is 2.64. The molecule has 5 nitrogen and oxygen atoms in total. The Morgan fingerprint density at radius 3 is 2.93 bits per heavy atom. The molecule has 1 aromatic heterocycles. The lowest BCUT2D eigenvalue weighted by Crippen LogP contribution is -2.18. The number of sulfonamides is 1. The average molecular weight is 211 g/mol. The van der Waals surface area contributed by atoms with Crippen molar-refractivity contribution in [1.82, 2.24) is 14.7 Å². The zero-order valence-electron chi connectivity index (χ0n) is 7.48. The molecule has 1 aromatic carbocycles. The minimum atomic E-state index is -3.42. The lowest BCUT2D eigenvalue weighted by atomic mass is 10.3. The van der Waals surface area contributed by atoms with E-state index in [2.05, 4.69) is 14.7 Å². The minimum absolute atomic E-state index is 0.218. The predicted molar refractivity (Wildman–Crippen MR) is 52.3 cm³/mol. The topological polar surface area (TPSA) is 74.8 Å². The molecule has 0 spiro atoms. The zero-order chi connectivity index (χ0) is 10.2. The van der Waals surface area contributed by atoms with E-state index >= 15 is 0 Å². The Kier molecular flexibility index (Phi) is 2.01. The maximum absolute atomic E-state index is 11.6. The Morgan fingerprint density at radius 2 is 2.21 bits per heavy atom. The number of nitrogens with zero attached hydrogens (tertiary/aromatic N) is 1. The van der Waals surface area contributed by atoms with Crippen LogP contribution in [0.5, 0.6) is 0 Å². The van der Waals surface area contributed by atoms with E-state index in [-0.39, 0.29) is 4.90 Å². The van der Waals surface area contributed by atoms with Gasteiger partial charge in [-0.05, 0) is 19.2 Å². The number of rotatable bonds is 2. The van der Waals surface area contributed by atoms with Crippen molar-refractivity contribution in [3.8, 4) is 0 Å². The summed E-state index contributed by atoms with van der Waals surface area (Å²) in [4.78, 5) is 7.00. The molecule has 74 valence electrons. The molecule has 0 fully saturated rings. The van der Waals surface area contributed by atoms with Crippen LogP contribution in [0.15, 0.2) is 29.4 Å². The molecule has 0 radical (unpaired) electrons. The van der Waals surface area contributed by atoms with Gasteiger partial charge in [0.25, 0.3) is 0 Å². The van der Waals surface area contributed by atoms with Crippen LogP contribution in [0.3, 0.4) is 0 Å². The standard InChI is InChI=1S/C8H9N3O2S/c1-9-14(12,13)7-4-2-3-6-8(7)11-5-10-6/h2-5,9H,1H3,(H,10,11). The van der Waals surface area contributed by atoms with Gasteiger partial charge in [0.15, 0.2) is 0 Å². The van der Waals surface area contributed by atoms with Crippen molar-refractivity contribution in [2.24, 2.45) is 0 Å². The number of imidazole rings is 1. The fraction of sp³-hybridized carbons (Fsp3) is 0.125. The van der Waals surface area contributed by atoms with Crippen LogP contribution in [0.1, 0.15) is 0 Å².